The number of aliphatic hydroxyl groups is 1. The van der Waals surface area contributed by atoms with Crippen molar-refractivity contribution in [3.05, 3.63) is 0 Å². The molecular formula is C8H19NO3. The highest BCUT2D eigenvalue weighted by Crippen LogP contribution is 1.88. The zero-order valence-electron chi connectivity index (χ0n) is 8.12. The van der Waals surface area contributed by atoms with Gasteiger partial charge in [0, 0.05) is 13.2 Å². The first-order chi connectivity index (χ1) is 5.66. The fourth-order valence-corrected chi connectivity index (χ4v) is 0.672. The number of hydrogen-bond acceptors (Lipinski definition) is 4. The van der Waals surface area contributed by atoms with Crippen LogP contribution in [0.3, 0.4) is 0 Å². The molecule has 0 aromatic rings. The monoisotopic (exact) mass is 177 g/mol. The highest BCUT2D eigenvalue weighted by atomic mass is 16.6. The van der Waals surface area contributed by atoms with Gasteiger partial charge in [-0.3, -0.25) is 0 Å². The lowest BCUT2D eigenvalue weighted by Crippen LogP contribution is -2.23. The second kappa shape index (κ2) is 7.49. The van der Waals surface area contributed by atoms with Gasteiger partial charge in [-0.2, -0.15) is 0 Å². The van der Waals surface area contributed by atoms with Gasteiger partial charge < -0.3 is 19.5 Å². The van der Waals surface area contributed by atoms with Crippen molar-refractivity contribution in [2.24, 2.45) is 0 Å². The Kier molecular flexibility index (Phi) is 7.39. The van der Waals surface area contributed by atoms with Crippen LogP contribution in [0, 0.1) is 0 Å². The standard InChI is InChI=1S/C8H19NO3/c1-4-12-8(10)7-11-6-5-9(2)3/h8,10H,4-7H2,1-3H3. The SMILES string of the molecule is CCOC(O)COCCN(C)C. The van der Waals surface area contributed by atoms with E-state index in [1.165, 1.54) is 0 Å². The normalized spacial score (nSPS) is 13.8. The largest absolute Gasteiger partial charge is 0.375 e. The topological polar surface area (TPSA) is 41.9 Å². The Morgan fingerprint density at radius 2 is 2.08 bits per heavy atom. The molecule has 1 N–H and O–H groups in total. The fraction of sp³-hybridized carbons (Fsp3) is 1.00. The van der Waals surface area contributed by atoms with E-state index in [0.29, 0.717) is 13.2 Å². The Balaban J connectivity index is 3.08. The summed E-state index contributed by atoms with van der Waals surface area (Å²) in [6.07, 6.45) is -0.780. The van der Waals surface area contributed by atoms with E-state index < -0.39 is 6.29 Å². The minimum Gasteiger partial charge on any atom is -0.375 e. The van der Waals surface area contributed by atoms with E-state index in [4.69, 9.17) is 14.6 Å². The number of likely N-dealkylation sites (N-methyl/N-ethyl adjacent to an activating group) is 1. The van der Waals surface area contributed by atoms with E-state index >= 15 is 0 Å². The Bertz CT molecular complexity index is 98.3. The van der Waals surface area contributed by atoms with Crippen molar-refractivity contribution in [3.63, 3.8) is 0 Å². The van der Waals surface area contributed by atoms with Gasteiger partial charge in [0.25, 0.3) is 0 Å². The summed E-state index contributed by atoms with van der Waals surface area (Å²) in [4.78, 5) is 2.02. The van der Waals surface area contributed by atoms with Crippen molar-refractivity contribution in [1.82, 2.24) is 4.90 Å². The van der Waals surface area contributed by atoms with Gasteiger partial charge in [-0.25, -0.2) is 0 Å². The van der Waals surface area contributed by atoms with Gasteiger partial charge in [0.15, 0.2) is 6.29 Å². The van der Waals surface area contributed by atoms with Gasteiger partial charge in [-0.05, 0) is 21.0 Å². The lowest BCUT2D eigenvalue weighted by Gasteiger charge is -2.12. The number of hydrogen-bond donors (Lipinski definition) is 1. The Morgan fingerprint density at radius 3 is 2.58 bits per heavy atom. The molecule has 0 aliphatic heterocycles. The van der Waals surface area contributed by atoms with Crippen LogP contribution in [0.5, 0.6) is 0 Å². The predicted molar refractivity (Wildman–Crippen MR) is 47.0 cm³/mol. The first-order valence-electron chi connectivity index (χ1n) is 4.19. The maximum atomic E-state index is 9.05. The molecule has 1 atom stereocenters. The smallest absolute Gasteiger partial charge is 0.178 e. The first-order valence-corrected chi connectivity index (χ1v) is 4.19. The molecule has 12 heavy (non-hydrogen) atoms. The van der Waals surface area contributed by atoms with Crippen LogP contribution in [0.1, 0.15) is 6.92 Å². The molecule has 0 rings (SSSR count). The van der Waals surface area contributed by atoms with Crippen LogP contribution in [-0.4, -0.2) is 56.8 Å². The molecule has 0 saturated heterocycles. The van der Waals surface area contributed by atoms with E-state index in [2.05, 4.69) is 0 Å². The molecule has 0 aliphatic carbocycles. The second-order valence-corrected chi connectivity index (χ2v) is 2.79. The Hall–Kier alpha value is -0.160. The number of rotatable bonds is 7. The van der Waals surface area contributed by atoms with E-state index in [9.17, 15) is 0 Å². The first kappa shape index (κ1) is 11.8. The van der Waals surface area contributed by atoms with Crippen molar-refractivity contribution in [2.45, 2.75) is 13.2 Å². The third-order valence-electron chi connectivity index (χ3n) is 1.30. The fourth-order valence-electron chi connectivity index (χ4n) is 0.672. The van der Waals surface area contributed by atoms with Crippen molar-refractivity contribution in [3.8, 4) is 0 Å². The highest BCUT2D eigenvalue weighted by molar-refractivity contribution is 4.41. The van der Waals surface area contributed by atoms with Crippen LogP contribution in [0.15, 0.2) is 0 Å². The molecule has 4 nitrogen and oxygen atoms in total. The minimum absolute atomic E-state index is 0.252. The second-order valence-electron chi connectivity index (χ2n) is 2.79. The summed E-state index contributed by atoms with van der Waals surface area (Å²) >= 11 is 0. The predicted octanol–water partition coefficient (Wildman–Crippen LogP) is -0.0805. The molecular weight excluding hydrogens is 158 g/mol. The van der Waals surface area contributed by atoms with Crippen molar-refractivity contribution >= 4 is 0 Å². The molecule has 0 radical (unpaired) electrons. The summed E-state index contributed by atoms with van der Waals surface area (Å²) in [6.45, 7) is 4.08. The summed E-state index contributed by atoms with van der Waals surface area (Å²) in [5.74, 6) is 0. The Labute approximate surface area is 74.1 Å². The van der Waals surface area contributed by atoms with Gasteiger partial charge >= 0.3 is 0 Å². The van der Waals surface area contributed by atoms with Crippen LogP contribution in [-0.2, 0) is 9.47 Å². The van der Waals surface area contributed by atoms with E-state index in [1.807, 2.05) is 25.9 Å². The average molecular weight is 177 g/mol. The highest BCUT2D eigenvalue weighted by Gasteiger charge is 2.01. The third kappa shape index (κ3) is 7.94. The molecule has 4 heteroatoms. The van der Waals surface area contributed by atoms with Gasteiger partial charge in [-0.1, -0.05) is 0 Å². The quantitative estimate of drug-likeness (QED) is 0.436. The molecule has 0 aromatic carbocycles. The molecule has 0 aromatic heterocycles. The van der Waals surface area contributed by atoms with Crippen LogP contribution in [0.4, 0.5) is 0 Å². The maximum absolute atomic E-state index is 9.05. The van der Waals surface area contributed by atoms with Crippen LogP contribution >= 0.6 is 0 Å². The summed E-state index contributed by atoms with van der Waals surface area (Å²) in [7, 11) is 3.95. The number of aliphatic hydroxyl groups excluding tert-OH is 1. The lowest BCUT2D eigenvalue weighted by atomic mass is 10.6. The minimum atomic E-state index is -0.780. The molecule has 0 fully saturated rings. The molecule has 0 saturated carbocycles. The molecule has 0 bridgehead atoms. The van der Waals surface area contributed by atoms with Gasteiger partial charge in [0.1, 0.15) is 0 Å². The van der Waals surface area contributed by atoms with Gasteiger partial charge in [0.2, 0.25) is 0 Å². The van der Waals surface area contributed by atoms with Crippen LogP contribution in [0.2, 0.25) is 0 Å². The summed E-state index contributed by atoms with van der Waals surface area (Å²) in [5.41, 5.74) is 0. The molecule has 1 unspecified atom stereocenters. The summed E-state index contributed by atoms with van der Waals surface area (Å²) in [5, 5.41) is 9.05. The molecule has 0 amide bonds. The lowest BCUT2D eigenvalue weighted by molar-refractivity contribution is -0.134. The number of nitrogens with zero attached hydrogens (tertiary/aromatic N) is 1. The average Bonchev–Trinajstić information content (AvgIpc) is 1.98. The summed E-state index contributed by atoms with van der Waals surface area (Å²) in [6, 6.07) is 0. The van der Waals surface area contributed by atoms with Crippen LogP contribution < -0.4 is 0 Å². The summed E-state index contributed by atoms with van der Waals surface area (Å²) < 4.78 is 10.0. The third-order valence-corrected chi connectivity index (χ3v) is 1.30. The zero-order chi connectivity index (χ0) is 9.40. The van der Waals surface area contributed by atoms with Gasteiger partial charge in [-0.15, -0.1) is 0 Å². The molecule has 74 valence electrons. The molecule has 0 aliphatic rings. The van der Waals surface area contributed by atoms with E-state index in [1.54, 1.807) is 0 Å². The maximum Gasteiger partial charge on any atom is 0.178 e. The Morgan fingerprint density at radius 1 is 1.42 bits per heavy atom. The molecule has 0 spiro atoms. The van der Waals surface area contributed by atoms with E-state index in [-0.39, 0.29) is 6.61 Å². The van der Waals surface area contributed by atoms with E-state index in [0.717, 1.165) is 6.54 Å². The van der Waals surface area contributed by atoms with Crippen molar-refractivity contribution in [2.75, 3.05) is 40.5 Å². The molecule has 0 heterocycles. The van der Waals surface area contributed by atoms with Crippen molar-refractivity contribution < 1.29 is 14.6 Å². The van der Waals surface area contributed by atoms with Crippen molar-refractivity contribution in [1.29, 1.82) is 0 Å². The number of ether oxygens (including phenoxy) is 2. The van der Waals surface area contributed by atoms with Crippen LogP contribution in [0.25, 0.3) is 0 Å². The van der Waals surface area contributed by atoms with Gasteiger partial charge in [0.05, 0.1) is 13.2 Å². The zero-order valence-corrected chi connectivity index (χ0v) is 8.12.